The molecule has 0 unspecified atom stereocenters. The number of anilines is 4. The van der Waals surface area contributed by atoms with Crippen molar-refractivity contribution in [3.63, 3.8) is 0 Å². The fourth-order valence-corrected chi connectivity index (χ4v) is 2.21. The summed E-state index contributed by atoms with van der Waals surface area (Å²) in [6, 6.07) is 12.6. The van der Waals surface area contributed by atoms with E-state index in [0.717, 1.165) is 22.7 Å². The van der Waals surface area contributed by atoms with E-state index in [0.29, 0.717) is 0 Å². The molecule has 0 fully saturated rings. The summed E-state index contributed by atoms with van der Waals surface area (Å²) in [7, 11) is 3.88. The maximum Gasteiger partial charge on any atom is 0.0388 e. The first-order valence-electron chi connectivity index (χ1n) is 6.48. The summed E-state index contributed by atoms with van der Waals surface area (Å²) in [4.78, 5) is 0. The topological polar surface area (TPSA) is 36.1 Å². The number of benzene rings is 2. The van der Waals surface area contributed by atoms with Crippen LogP contribution < -0.4 is 16.0 Å². The standard InChI is InChI=1S/C16H21N3/c1-11-9-13(5-7-15(11)17-3)19-14-6-8-16(18-4)12(2)10-14/h5-10,17-19H,1-4H3. The molecule has 0 aromatic heterocycles. The van der Waals surface area contributed by atoms with Crippen LogP contribution in [0.4, 0.5) is 22.7 Å². The molecule has 2 aromatic rings. The minimum absolute atomic E-state index is 1.10. The van der Waals surface area contributed by atoms with E-state index in [9.17, 15) is 0 Å². The van der Waals surface area contributed by atoms with E-state index in [1.54, 1.807) is 0 Å². The third-order valence-electron chi connectivity index (χ3n) is 3.28. The number of hydrogen-bond acceptors (Lipinski definition) is 3. The van der Waals surface area contributed by atoms with E-state index in [-0.39, 0.29) is 0 Å². The Morgan fingerprint density at radius 1 is 0.684 bits per heavy atom. The summed E-state index contributed by atoms with van der Waals surface area (Å²) in [6.07, 6.45) is 0. The van der Waals surface area contributed by atoms with Crippen molar-refractivity contribution >= 4 is 22.7 Å². The van der Waals surface area contributed by atoms with Gasteiger partial charge < -0.3 is 16.0 Å². The Hall–Kier alpha value is -2.16. The van der Waals surface area contributed by atoms with Crippen molar-refractivity contribution in [3.05, 3.63) is 47.5 Å². The Morgan fingerprint density at radius 2 is 1.11 bits per heavy atom. The molecule has 100 valence electrons. The molecule has 0 amide bonds. The van der Waals surface area contributed by atoms with Gasteiger partial charge in [-0.05, 0) is 61.4 Å². The van der Waals surface area contributed by atoms with Gasteiger partial charge >= 0.3 is 0 Å². The van der Waals surface area contributed by atoms with E-state index in [4.69, 9.17) is 0 Å². The van der Waals surface area contributed by atoms with Gasteiger partial charge in [0, 0.05) is 36.8 Å². The highest BCUT2D eigenvalue weighted by atomic mass is 14.9. The first kappa shape index (κ1) is 13.3. The Morgan fingerprint density at radius 3 is 1.42 bits per heavy atom. The average Bonchev–Trinajstić information content (AvgIpc) is 2.39. The van der Waals surface area contributed by atoms with Crippen molar-refractivity contribution in [3.8, 4) is 0 Å². The van der Waals surface area contributed by atoms with Gasteiger partial charge in [0.25, 0.3) is 0 Å². The van der Waals surface area contributed by atoms with Crippen molar-refractivity contribution in [2.45, 2.75) is 13.8 Å². The molecule has 0 atom stereocenters. The number of hydrogen-bond donors (Lipinski definition) is 3. The van der Waals surface area contributed by atoms with E-state index < -0.39 is 0 Å². The third-order valence-corrected chi connectivity index (χ3v) is 3.28. The normalized spacial score (nSPS) is 10.1. The van der Waals surface area contributed by atoms with Crippen molar-refractivity contribution in [2.24, 2.45) is 0 Å². The second-order valence-electron chi connectivity index (χ2n) is 4.68. The zero-order chi connectivity index (χ0) is 13.8. The highest BCUT2D eigenvalue weighted by molar-refractivity contribution is 5.68. The molecule has 0 radical (unpaired) electrons. The maximum atomic E-state index is 3.43. The second kappa shape index (κ2) is 5.65. The molecule has 0 aliphatic carbocycles. The quantitative estimate of drug-likeness (QED) is 0.768. The zero-order valence-corrected chi connectivity index (χ0v) is 12.0. The largest absolute Gasteiger partial charge is 0.388 e. The fourth-order valence-electron chi connectivity index (χ4n) is 2.21. The molecular formula is C16H21N3. The predicted octanol–water partition coefficient (Wildman–Crippen LogP) is 4.13. The SMILES string of the molecule is CNc1ccc(Nc2ccc(NC)c(C)c2)cc1C. The lowest BCUT2D eigenvalue weighted by molar-refractivity contribution is 1.38. The summed E-state index contributed by atoms with van der Waals surface area (Å²) in [5, 5.41) is 9.78. The Bertz CT molecular complexity index is 525. The summed E-state index contributed by atoms with van der Waals surface area (Å²) >= 11 is 0. The smallest absolute Gasteiger partial charge is 0.0388 e. The molecule has 0 bridgehead atoms. The highest BCUT2D eigenvalue weighted by Crippen LogP contribution is 2.25. The monoisotopic (exact) mass is 255 g/mol. The van der Waals surface area contributed by atoms with Gasteiger partial charge in [0.2, 0.25) is 0 Å². The van der Waals surface area contributed by atoms with Gasteiger partial charge in [-0.3, -0.25) is 0 Å². The van der Waals surface area contributed by atoms with Crippen molar-refractivity contribution < 1.29 is 0 Å². The molecule has 0 aliphatic heterocycles. The highest BCUT2D eigenvalue weighted by Gasteiger charge is 2.01. The number of nitrogens with one attached hydrogen (secondary N) is 3. The summed E-state index contributed by atoms with van der Waals surface area (Å²) < 4.78 is 0. The minimum atomic E-state index is 1.10. The lowest BCUT2D eigenvalue weighted by Crippen LogP contribution is -1.96. The van der Waals surface area contributed by atoms with Gasteiger partial charge in [-0.25, -0.2) is 0 Å². The Balaban J connectivity index is 2.21. The van der Waals surface area contributed by atoms with Crippen molar-refractivity contribution in [1.82, 2.24) is 0 Å². The number of aryl methyl sites for hydroxylation is 2. The van der Waals surface area contributed by atoms with Gasteiger partial charge in [0.15, 0.2) is 0 Å². The molecule has 0 saturated heterocycles. The van der Waals surface area contributed by atoms with Crippen molar-refractivity contribution in [2.75, 3.05) is 30.0 Å². The van der Waals surface area contributed by atoms with Crippen molar-refractivity contribution in [1.29, 1.82) is 0 Å². The van der Waals surface area contributed by atoms with Crippen LogP contribution in [0.15, 0.2) is 36.4 Å². The summed E-state index contributed by atoms with van der Waals surface area (Å²) in [5.74, 6) is 0. The zero-order valence-electron chi connectivity index (χ0n) is 12.0. The molecule has 3 N–H and O–H groups in total. The van der Waals surface area contributed by atoms with Crippen LogP contribution >= 0.6 is 0 Å². The van der Waals surface area contributed by atoms with E-state index >= 15 is 0 Å². The molecular weight excluding hydrogens is 234 g/mol. The molecule has 0 saturated carbocycles. The van der Waals surface area contributed by atoms with Crippen LogP contribution in [-0.2, 0) is 0 Å². The van der Waals surface area contributed by atoms with E-state index in [2.05, 4.69) is 66.2 Å². The van der Waals surface area contributed by atoms with Crippen LogP contribution in [0.1, 0.15) is 11.1 Å². The van der Waals surface area contributed by atoms with Gasteiger partial charge in [-0.15, -0.1) is 0 Å². The summed E-state index contributed by atoms with van der Waals surface area (Å²) in [6.45, 7) is 4.21. The summed E-state index contributed by atoms with van der Waals surface area (Å²) in [5.41, 5.74) is 6.99. The molecule has 0 heterocycles. The number of rotatable bonds is 4. The van der Waals surface area contributed by atoms with Crippen LogP contribution in [0.3, 0.4) is 0 Å². The fraction of sp³-hybridized carbons (Fsp3) is 0.250. The molecule has 19 heavy (non-hydrogen) atoms. The lowest BCUT2D eigenvalue weighted by atomic mass is 10.1. The van der Waals surface area contributed by atoms with E-state index in [1.165, 1.54) is 11.1 Å². The molecule has 3 heteroatoms. The molecule has 2 aromatic carbocycles. The average molecular weight is 255 g/mol. The van der Waals surface area contributed by atoms with Crippen LogP contribution in [0.5, 0.6) is 0 Å². The second-order valence-corrected chi connectivity index (χ2v) is 4.68. The third kappa shape index (κ3) is 2.99. The lowest BCUT2D eigenvalue weighted by Gasteiger charge is -2.12. The van der Waals surface area contributed by atoms with Crippen LogP contribution in [0.25, 0.3) is 0 Å². The molecule has 0 aliphatic rings. The Labute approximate surface area is 115 Å². The van der Waals surface area contributed by atoms with Crippen LogP contribution in [0.2, 0.25) is 0 Å². The van der Waals surface area contributed by atoms with Crippen LogP contribution in [-0.4, -0.2) is 14.1 Å². The minimum Gasteiger partial charge on any atom is -0.388 e. The van der Waals surface area contributed by atoms with Gasteiger partial charge in [-0.1, -0.05) is 0 Å². The van der Waals surface area contributed by atoms with E-state index in [1.807, 2.05) is 14.1 Å². The van der Waals surface area contributed by atoms with Crippen LogP contribution in [0, 0.1) is 13.8 Å². The first-order valence-corrected chi connectivity index (χ1v) is 6.48. The van der Waals surface area contributed by atoms with Gasteiger partial charge in [0.1, 0.15) is 0 Å². The first-order chi connectivity index (χ1) is 9.13. The maximum absolute atomic E-state index is 3.43. The molecule has 3 nitrogen and oxygen atoms in total. The Kier molecular flexibility index (Phi) is 3.95. The van der Waals surface area contributed by atoms with Gasteiger partial charge in [-0.2, -0.15) is 0 Å². The molecule has 2 rings (SSSR count). The van der Waals surface area contributed by atoms with Gasteiger partial charge in [0.05, 0.1) is 0 Å². The molecule has 0 spiro atoms. The predicted molar refractivity (Wildman–Crippen MR) is 84.7 cm³/mol.